The van der Waals surface area contributed by atoms with Gasteiger partial charge < -0.3 is 0 Å². The molecule has 0 heterocycles. The molecule has 0 fully saturated rings. The number of allylic oxidation sites excluding steroid dienone is 12. The second-order valence-corrected chi connectivity index (χ2v) is 6.72. The van der Waals surface area contributed by atoms with E-state index in [0.717, 1.165) is 12.8 Å². The Morgan fingerprint density at radius 1 is 0.920 bits per heavy atom. The molecule has 1 aromatic rings. The van der Waals surface area contributed by atoms with Gasteiger partial charge in [0.25, 0.3) is 0 Å². The Hall–Kier alpha value is -2.34. The summed E-state index contributed by atoms with van der Waals surface area (Å²) in [4.78, 5) is 0. The van der Waals surface area contributed by atoms with Crippen LogP contribution in [0.2, 0.25) is 0 Å². The van der Waals surface area contributed by atoms with Crippen molar-refractivity contribution in [1.29, 1.82) is 0 Å². The van der Waals surface area contributed by atoms with Crippen LogP contribution in [0.5, 0.6) is 0 Å². The molecule has 0 aliphatic heterocycles. The normalized spacial score (nSPS) is 23.2. The minimum Gasteiger partial charge on any atom is -0.0801 e. The van der Waals surface area contributed by atoms with Gasteiger partial charge in [0.2, 0.25) is 0 Å². The predicted octanol–water partition coefficient (Wildman–Crippen LogP) is 6.99. The van der Waals surface area contributed by atoms with Crippen molar-refractivity contribution in [2.45, 2.75) is 39.5 Å². The van der Waals surface area contributed by atoms with Gasteiger partial charge in [0.05, 0.1) is 0 Å². The Balaban J connectivity index is 0.000000880. The maximum Gasteiger partial charge on any atom is 0.0207 e. The summed E-state index contributed by atoms with van der Waals surface area (Å²) in [5, 5.41) is 0. The molecule has 128 valence electrons. The zero-order valence-electron chi connectivity index (χ0n) is 15.6. The molecule has 2 atom stereocenters. The maximum atomic E-state index is 2.43. The molecule has 0 radical (unpaired) electrons. The molecule has 0 saturated carbocycles. The van der Waals surface area contributed by atoms with Crippen LogP contribution in [0.15, 0.2) is 95.7 Å². The fourth-order valence-electron chi connectivity index (χ4n) is 3.41. The lowest BCUT2D eigenvalue weighted by molar-refractivity contribution is 0.775. The second-order valence-electron chi connectivity index (χ2n) is 6.72. The molecule has 0 amide bonds. The molecular formula is C25H28. The molecular weight excluding hydrogens is 300 g/mol. The maximum absolute atomic E-state index is 2.43. The van der Waals surface area contributed by atoms with Gasteiger partial charge in [0.1, 0.15) is 0 Å². The minimum atomic E-state index is 0.439. The van der Waals surface area contributed by atoms with Crippen molar-refractivity contribution >= 4 is 0 Å². The van der Waals surface area contributed by atoms with Gasteiger partial charge in [-0.15, -0.1) is 0 Å². The Labute approximate surface area is 152 Å². The van der Waals surface area contributed by atoms with Gasteiger partial charge in [-0.1, -0.05) is 98.4 Å². The first-order valence-electron chi connectivity index (χ1n) is 9.49. The predicted molar refractivity (Wildman–Crippen MR) is 110 cm³/mol. The summed E-state index contributed by atoms with van der Waals surface area (Å²) in [5.74, 6) is 0.978. The minimum absolute atomic E-state index is 0.439. The second kappa shape index (κ2) is 8.16. The van der Waals surface area contributed by atoms with E-state index in [1.54, 1.807) is 0 Å². The largest absolute Gasteiger partial charge is 0.0801 e. The number of hydrogen-bond acceptors (Lipinski definition) is 0. The van der Waals surface area contributed by atoms with E-state index in [4.69, 9.17) is 0 Å². The van der Waals surface area contributed by atoms with E-state index < -0.39 is 0 Å². The lowest BCUT2D eigenvalue weighted by Crippen LogP contribution is -2.02. The Kier molecular flexibility index (Phi) is 5.71. The molecule has 3 aliphatic carbocycles. The highest BCUT2D eigenvalue weighted by atomic mass is 14.2. The van der Waals surface area contributed by atoms with Gasteiger partial charge >= 0.3 is 0 Å². The molecule has 0 heteroatoms. The van der Waals surface area contributed by atoms with Crippen LogP contribution in [0, 0.1) is 12.8 Å². The van der Waals surface area contributed by atoms with E-state index in [1.165, 1.54) is 27.8 Å². The fraction of sp³-hybridized carbons (Fsp3) is 0.280. The van der Waals surface area contributed by atoms with Crippen molar-refractivity contribution in [2.24, 2.45) is 5.92 Å². The first kappa shape index (κ1) is 17.5. The topological polar surface area (TPSA) is 0 Å². The Bertz CT molecular complexity index is 776. The Morgan fingerprint density at radius 3 is 2.28 bits per heavy atom. The van der Waals surface area contributed by atoms with E-state index in [1.807, 2.05) is 13.8 Å². The highest BCUT2D eigenvalue weighted by Gasteiger charge is 2.18. The van der Waals surface area contributed by atoms with Crippen molar-refractivity contribution < 1.29 is 0 Å². The lowest BCUT2D eigenvalue weighted by Gasteiger charge is -2.18. The fourth-order valence-corrected chi connectivity index (χ4v) is 3.41. The molecule has 0 saturated heterocycles. The van der Waals surface area contributed by atoms with Crippen molar-refractivity contribution in [1.82, 2.24) is 0 Å². The molecule has 0 spiro atoms. The summed E-state index contributed by atoms with van der Waals surface area (Å²) in [7, 11) is 0. The number of hydrogen-bond donors (Lipinski definition) is 0. The van der Waals surface area contributed by atoms with Gasteiger partial charge in [-0.3, -0.25) is 0 Å². The summed E-state index contributed by atoms with van der Waals surface area (Å²) in [6.45, 7) is 6.14. The van der Waals surface area contributed by atoms with Crippen LogP contribution >= 0.6 is 0 Å². The van der Waals surface area contributed by atoms with Gasteiger partial charge in [0.15, 0.2) is 0 Å². The van der Waals surface area contributed by atoms with Crippen LogP contribution in [-0.4, -0.2) is 0 Å². The van der Waals surface area contributed by atoms with Crippen molar-refractivity contribution in [2.75, 3.05) is 0 Å². The van der Waals surface area contributed by atoms with Crippen molar-refractivity contribution in [3.05, 3.63) is 107 Å². The molecule has 1 aromatic carbocycles. The van der Waals surface area contributed by atoms with Crippen LogP contribution < -0.4 is 0 Å². The summed E-state index contributed by atoms with van der Waals surface area (Å²) < 4.78 is 0. The van der Waals surface area contributed by atoms with Crippen LogP contribution in [0.25, 0.3) is 0 Å². The van der Waals surface area contributed by atoms with Gasteiger partial charge in [0, 0.05) is 11.8 Å². The third kappa shape index (κ3) is 4.20. The van der Waals surface area contributed by atoms with Crippen LogP contribution in [0.1, 0.15) is 43.7 Å². The third-order valence-corrected chi connectivity index (χ3v) is 4.96. The summed E-state index contributed by atoms with van der Waals surface area (Å²) in [6.07, 6.45) is 22.9. The van der Waals surface area contributed by atoms with Crippen molar-refractivity contribution in [3.8, 4) is 0 Å². The van der Waals surface area contributed by atoms with Crippen LogP contribution in [0.3, 0.4) is 0 Å². The molecule has 0 aromatic heterocycles. The molecule has 4 rings (SSSR count). The first-order valence-corrected chi connectivity index (χ1v) is 9.49. The summed E-state index contributed by atoms with van der Waals surface area (Å²) in [6, 6.07) is 8.90. The number of aryl methyl sites for hydroxylation is 1. The van der Waals surface area contributed by atoms with Crippen molar-refractivity contribution in [3.63, 3.8) is 0 Å². The SMILES string of the molecule is CC.Cc1ccc(C2C=CC(C3C=CC(CC4=CC=C4)=CC3)=C2)cc1. The van der Waals surface area contributed by atoms with E-state index in [9.17, 15) is 0 Å². The average molecular weight is 328 g/mol. The molecule has 3 aliphatic rings. The molecule has 0 nitrogen and oxygen atoms in total. The quantitative estimate of drug-likeness (QED) is 0.558. The lowest BCUT2D eigenvalue weighted by atomic mass is 9.87. The highest BCUT2D eigenvalue weighted by Crippen LogP contribution is 2.34. The molecule has 0 bridgehead atoms. The highest BCUT2D eigenvalue weighted by molar-refractivity contribution is 5.46. The van der Waals surface area contributed by atoms with Crippen LogP contribution in [-0.2, 0) is 0 Å². The van der Waals surface area contributed by atoms with Gasteiger partial charge in [-0.05, 0) is 42.0 Å². The zero-order chi connectivity index (χ0) is 17.6. The third-order valence-electron chi connectivity index (χ3n) is 4.96. The van der Waals surface area contributed by atoms with E-state index >= 15 is 0 Å². The number of rotatable bonds is 4. The monoisotopic (exact) mass is 328 g/mol. The standard InChI is InChI=1S/C23H22.C2H6/c1-17-5-9-20(10-6-17)22-13-14-23(16-22)21-11-7-19(8-12-21)15-18-3-2-4-18;1-2/h2-11,13-14,16,21-22H,12,15H2,1H3;1-2H3. The average Bonchev–Trinajstić information content (AvgIpc) is 3.11. The molecule has 2 unspecified atom stereocenters. The summed E-state index contributed by atoms with van der Waals surface area (Å²) >= 11 is 0. The summed E-state index contributed by atoms with van der Waals surface area (Å²) in [5.41, 5.74) is 7.07. The number of benzene rings is 1. The van der Waals surface area contributed by atoms with Gasteiger partial charge in [-0.2, -0.15) is 0 Å². The van der Waals surface area contributed by atoms with E-state index in [2.05, 4.69) is 85.9 Å². The first-order chi connectivity index (χ1) is 12.3. The van der Waals surface area contributed by atoms with Crippen LogP contribution in [0.4, 0.5) is 0 Å². The van der Waals surface area contributed by atoms with Gasteiger partial charge in [-0.25, -0.2) is 0 Å². The zero-order valence-corrected chi connectivity index (χ0v) is 15.6. The van der Waals surface area contributed by atoms with E-state index in [0.29, 0.717) is 11.8 Å². The molecule has 0 N–H and O–H groups in total. The Morgan fingerprint density at radius 2 is 1.68 bits per heavy atom. The smallest absolute Gasteiger partial charge is 0.0207 e. The van der Waals surface area contributed by atoms with E-state index in [-0.39, 0.29) is 0 Å². The molecule has 25 heavy (non-hydrogen) atoms.